The number of nitrogens with zero attached hydrogens (tertiary/aromatic N) is 3. The van der Waals surface area contributed by atoms with Crippen LogP contribution >= 0.6 is 11.3 Å². The van der Waals surface area contributed by atoms with Crippen molar-refractivity contribution >= 4 is 29.0 Å². The molecule has 0 saturated carbocycles. The number of aromatic nitrogens is 2. The molecule has 0 radical (unpaired) electrons. The number of aliphatic hydroxyl groups is 1. The zero-order valence-electron chi connectivity index (χ0n) is 22.5. The van der Waals surface area contributed by atoms with Crippen LogP contribution in [0.4, 0.5) is 32.2 Å². The molecule has 1 unspecified atom stereocenters. The van der Waals surface area contributed by atoms with E-state index in [4.69, 9.17) is 0 Å². The molecule has 0 spiro atoms. The molecular weight excluding hydrogens is 564 g/mol. The van der Waals surface area contributed by atoms with Gasteiger partial charge in [0.25, 0.3) is 11.8 Å². The van der Waals surface area contributed by atoms with Crippen LogP contribution in [0.3, 0.4) is 0 Å². The average molecular weight is 596 g/mol. The molecule has 1 fully saturated rings. The number of carbonyl (C=O) groups excluding carboxylic acids is 2. The average Bonchev–Trinajstić information content (AvgIpc) is 3.45. The lowest BCUT2D eigenvalue weighted by atomic mass is 9.93. The van der Waals surface area contributed by atoms with Gasteiger partial charge in [0, 0.05) is 37.4 Å². The molecule has 1 saturated heterocycles. The second kappa shape index (κ2) is 11.1. The van der Waals surface area contributed by atoms with E-state index in [0.29, 0.717) is 36.8 Å². The van der Waals surface area contributed by atoms with Crippen LogP contribution < -0.4 is 10.6 Å². The molecule has 222 valence electrons. The first-order valence-corrected chi connectivity index (χ1v) is 13.2. The Morgan fingerprint density at radius 2 is 1.77 bits per heavy atom. The van der Waals surface area contributed by atoms with Gasteiger partial charge in [-0.2, -0.15) is 26.3 Å². The third kappa shape index (κ3) is 7.22. The van der Waals surface area contributed by atoms with E-state index >= 15 is 0 Å². The van der Waals surface area contributed by atoms with Crippen LogP contribution in [0.15, 0.2) is 12.3 Å². The number of hydrogen-bond acceptors (Lipinski definition) is 7. The van der Waals surface area contributed by atoms with E-state index < -0.39 is 58.7 Å². The first kappa shape index (κ1) is 31.6. The topological polar surface area (TPSA) is 107 Å². The van der Waals surface area contributed by atoms with Crippen molar-refractivity contribution in [2.45, 2.75) is 71.5 Å². The van der Waals surface area contributed by atoms with E-state index in [1.165, 1.54) is 18.7 Å². The van der Waals surface area contributed by atoms with Crippen molar-refractivity contribution in [1.29, 1.82) is 0 Å². The number of likely N-dealkylation sites (tertiary alicyclic amines) is 1. The predicted molar refractivity (Wildman–Crippen MR) is 137 cm³/mol. The summed E-state index contributed by atoms with van der Waals surface area (Å²) < 4.78 is 82.4. The summed E-state index contributed by atoms with van der Waals surface area (Å²) in [6.45, 7) is 5.92. The van der Waals surface area contributed by atoms with Gasteiger partial charge >= 0.3 is 12.4 Å². The van der Waals surface area contributed by atoms with Gasteiger partial charge in [0.05, 0.1) is 21.5 Å². The fourth-order valence-electron chi connectivity index (χ4n) is 3.87. The monoisotopic (exact) mass is 595 g/mol. The Balaban J connectivity index is 2.08. The molecular formula is C25H31F6N5O3S. The number of amides is 2. The molecule has 3 rings (SSSR count). The van der Waals surface area contributed by atoms with Crippen molar-refractivity contribution < 1.29 is 41.0 Å². The van der Waals surface area contributed by atoms with E-state index in [-0.39, 0.29) is 28.2 Å². The quantitative estimate of drug-likeness (QED) is 0.356. The Kier molecular flexibility index (Phi) is 8.80. The van der Waals surface area contributed by atoms with E-state index in [1.807, 2.05) is 0 Å². The summed E-state index contributed by atoms with van der Waals surface area (Å²) in [4.78, 5) is 35.4. The molecule has 1 aliphatic rings. The van der Waals surface area contributed by atoms with Gasteiger partial charge in [-0.3, -0.25) is 9.59 Å². The van der Waals surface area contributed by atoms with Crippen LogP contribution in [-0.4, -0.2) is 69.2 Å². The highest BCUT2D eigenvalue weighted by molar-refractivity contribution is 7.17. The Hall–Kier alpha value is -2.94. The minimum Gasteiger partial charge on any atom is -0.389 e. The van der Waals surface area contributed by atoms with E-state index in [9.17, 15) is 41.0 Å². The molecule has 0 aromatic carbocycles. The van der Waals surface area contributed by atoms with Crippen LogP contribution in [0.2, 0.25) is 0 Å². The van der Waals surface area contributed by atoms with Crippen LogP contribution in [0, 0.1) is 5.41 Å². The maximum absolute atomic E-state index is 14.2. The highest BCUT2D eigenvalue weighted by Crippen LogP contribution is 2.42. The number of pyridine rings is 1. The maximum atomic E-state index is 14.2. The second-order valence-corrected chi connectivity index (χ2v) is 12.0. The molecule has 0 bridgehead atoms. The number of rotatable bonds is 8. The predicted octanol–water partition coefficient (Wildman–Crippen LogP) is 5.35. The van der Waals surface area contributed by atoms with Gasteiger partial charge in [0.2, 0.25) is 0 Å². The summed E-state index contributed by atoms with van der Waals surface area (Å²) in [5.41, 5.74) is -5.69. The van der Waals surface area contributed by atoms with Gasteiger partial charge in [-0.1, -0.05) is 0 Å². The minimum atomic E-state index is -4.98. The first-order valence-electron chi connectivity index (χ1n) is 12.4. The lowest BCUT2D eigenvalue weighted by Gasteiger charge is -2.28. The zero-order chi connectivity index (χ0) is 30.3. The van der Waals surface area contributed by atoms with Crippen molar-refractivity contribution in [2.24, 2.45) is 5.41 Å². The summed E-state index contributed by atoms with van der Waals surface area (Å²) in [6, 6.07) is 0.376. The largest absolute Gasteiger partial charge is 0.417 e. The Labute approximate surface area is 231 Å². The van der Waals surface area contributed by atoms with E-state index in [1.54, 1.807) is 6.92 Å². The van der Waals surface area contributed by atoms with Gasteiger partial charge in [0.15, 0.2) is 5.01 Å². The Morgan fingerprint density at radius 3 is 2.30 bits per heavy atom. The summed E-state index contributed by atoms with van der Waals surface area (Å²) >= 11 is 0.555. The molecule has 40 heavy (non-hydrogen) atoms. The molecule has 0 aliphatic carbocycles. The number of hydrogen-bond donors (Lipinski definition) is 3. The van der Waals surface area contributed by atoms with Gasteiger partial charge in [-0.05, 0) is 53.5 Å². The molecule has 1 atom stereocenters. The molecule has 8 nitrogen and oxygen atoms in total. The highest BCUT2D eigenvalue weighted by atomic mass is 32.1. The second-order valence-electron chi connectivity index (χ2n) is 11.0. The normalized spacial score (nSPS) is 16.8. The number of carbonyl (C=O) groups is 2. The van der Waals surface area contributed by atoms with E-state index in [2.05, 4.69) is 20.6 Å². The zero-order valence-corrected chi connectivity index (χ0v) is 23.4. The number of halogens is 6. The minimum absolute atomic E-state index is 0.183. The first-order chi connectivity index (χ1) is 18.2. The standard InChI is InChI=1S/C25H31F6N5O3S/c1-13-7-6-8-36(13)21(38)17-18(40-20(35-17)19(37)34-12-23(4,5)39)14-10-32-16(9-15(14)24(26,27)28)33-11-22(2,3)25(29,30)31/h9-10,13,39H,6-8,11-12H2,1-5H3,(H,32,33)(H,34,37). The van der Waals surface area contributed by atoms with Crippen LogP contribution in [0.25, 0.3) is 10.4 Å². The Bertz CT molecular complexity index is 1250. The lowest BCUT2D eigenvalue weighted by Crippen LogP contribution is -2.38. The van der Waals surface area contributed by atoms with Crippen LogP contribution in [0.5, 0.6) is 0 Å². The third-order valence-corrected chi connectivity index (χ3v) is 7.54. The van der Waals surface area contributed by atoms with Gasteiger partial charge in [0.1, 0.15) is 11.5 Å². The molecule has 3 heterocycles. The SMILES string of the molecule is CC1CCCN1C(=O)c1nc(C(=O)NCC(C)(C)O)sc1-c1cnc(NCC(C)(C)C(F)(F)F)cc1C(F)(F)F. The van der Waals surface area contributed by atoms with Crippen molar-refractivity contribution in [2.75, 3.05) is 25.0 Å². The van der Waals surface area contributed by atoms with E-state index in [0.717, 1.165) is 20.0 Å². The molecule has 2 aromatic rings. The molecule has 15 heteroatoms. The summed E-state index contributed by atoms with van der Waals surface area (Å²) in [5.74, 6) is -1.89. The Morgan fingerprint density at radius 1 is 1.12 bits per heavy atom. The number of nitrogens with one attached hydrogen (secondary N) is 2. The molecule has 2 aromatic heterocycles. The third-order valence-electron chi connectivity index (χ3n) is 6.45. The fourth-order valence-corrected chi connectivity index (χ4v) is 4.86. The van der Waals surface area contributed by atoms with Crippen molar-refractivity contribution in [1.82, 2.24) is 20.2 Å². The van der Waals surface area contributed by atoms with Crippen LogP contribution in [-0.2, 0) is 6.18 Å². The smallest absolute Gasteiger partial charge is 0.389 e. The molecule has 3 N–H and O–H groups in total. The van der Waals surface area contributed by atoms with Gasteiger partial charge < -0.3 is 20.6 Å². The maximum Gasteiger partial charge on any atom is 0.417 e. The number of anilines is 1. The van der Waals surface area contributed by atoms with Crippen molar-refractivity contribution in [3.05, 3.63) is 28.5 Å². The van der Waals surface area contributed by atoms with Crippen molar-refractivity contribution in [3.8, 4) is 10.4 Å². The van der Waals surface area contributed by atoms with Crippen LogP contribution in [0.1, 0.15) is 73.3 Å². The summed E-state index contributed by atoms with van der Waals surface area (Å²) in [6.07, 6.45) is -7.41. The summed E-state index contributed by atoms with van der Waals surface area (Å²) in [5, 5.41) is 14.4. The summed E-state index contributed by atoms with van der Waals surface area (Å²) in [7, 11) is 0. The van der Waals surface area contributed by atoms with Gasteiger partial charge in [-0.15, -0.1) is 11.3 Å². The molecule has 2 amide bonds. The number of thiazole rings is 1. The fraction of sp³-hybridized carbons (Fsp3) is 0.600. The highest BCUT2D eigenvalue weighted by Gasteiger charge is 2.47. The van der Waals surface area contributed by atoms with Crippen molar-refractivity contribution in [3.63, 3.8) is 0 Å². The molecule has 1 aliphatic heterocycles. The number of alkyl halides is 6. The lowest BCUT2D eigenvalue weighted by molar-refractivity contribution is -0.206. The van der Waals surface area contributed by atoms with Gasteiger partial charge in [-0.25, -0.2) is 9.97 Å².